The number of carbonyl (C=O) groups is 3. The lowest BCUT2D eigenvalue weighted by Crippen LogP contribution is -2.43. The van der Waals surface area contributed by atoms with E-state index >= 15 is 0 Å². The van der Waals surface area contributed by atoms with E-state index in [1.807, 2.05) is 0 Å². The number of phosphoric acid groups is 1. The van der Waals surface area contributed by atoms with Gasteiger partial charge in [0.05, 0.1) is 13.2 Å². The van der Waals surface area contributed by atoms with Gasteiger partial charge in [0.15, 0.2) is 6.04 Å². The van der Waals surface area contributed by atoms with E-state index in [2.05, 4.69) is 55.6 Å². The van der Waals surface area contributed by atoms with Crippen molar-refractivity contribution >= 4 is 25.7 Å². The van der Waals surface area contributed by atoms with Crippen LogP contribution in [0, 0.1) is 0 Å². The molecule has 0 bridgehead atoms. The highest BCUT2D eigenvalue weighted by Gasteiger charge is 2.28. The largest absolute Gasteiger partial charge is 0.480 e. The molecular formula is C35H62NO10P. The third-order valence-electron chi connectivity index (χ3n) is 7.19. The molecule has 0 aromatic carbocycles. The fourth-order valence-corrected chi connectivity index (χ4v) is 5.22. The van der Waals surface area contributed by atoms with E-state index in [1.54, 1.807) is 0 Å². The number of hydrogen-bond donors (Lipinski definition) is 4. The molecule has 0 spiro atoms. The number of aliphatic hydroxyl groups is 1. The molecule has 11 nitrogen and oxygen atoms in total. The summed E-state index contributed by atoms with van der Waals surface area (Å²) in [7, 11) is -4.74. The van der Waals surface area contributed by atoms with E-state index in [9.17, 15) is 34.1 Å². The van der Waals surface area contributed by atoms with Crippen LogP contribution >= 0.6 is 7.82 Å². The number of carboxylic acid groups (broad SMARTS) is 1. The van der Waals surface area contributed by atoms with Crippen LogP contribution in [-0.2, 0) is 32.7 Å². The summed E-state index contributed by atoms with van der Waals surface area (Å²) < 4.78 is 26.6. The zero-order chi connectivity index (χ0) is 35.0. The molecule has 0 aliphatic heterocycles. The summed E-state index contributed by atoms with van der Waals surface area (Å²) in [6.45, 7) is 2.37. The van der Waals surface area contributed by atoms with Gasteiger partial charge in [-0.1, -0.05) is 115 Å². The number of hydrogen-bond acceptors (Lipinski definition) is 8. The predicted molar refractivity (Wildman–Crippen MR) is 185 cm³/mol. The number of amides is 1. The summed E-state index contributed by atoms with van der Waals surface area (Å²) in [5.74, 6) is -2.40. The molecule has 1 amide bonds. The molecule has 0 aliphatic carbocycles. The number of carbonyl (C=O) groups excluding carboxylic acids is 2. The lowest BCUT2D eigenvalue weighted by Gasteiger charge is -2.18. The van der Waals surface area contributed by atoms with Gasteiger partial charge in [-0.25, -0.2) is 9.36 Å². The average Bonchev–Trinajstić information content (AvgIpc) is 3.04. The minimum absolute atomic E-state index is 0.144. The lowest BCUT2D eigenvalue weighted by atomic mass is 10.1. The van der Waals surface area contributed by atoms with Gasteiger partial charge in [-0.05, 0) is 44.9 Å². The molecule has 0 aromatic rings. The van der Waals surface area contributed by atoms with E-state index in [-0.39, 0.29) is 12.8 Å². The van der Waals surface area contributed by atoms with Gasteiger partial charge in [0.25, 0.3) is 0 Å². The Morgan fingerprint density at radius 3 is 1.85 bits per heavy atom. The normalized spacial score (nSPS) is 14.5. The first kappa shape index (κ1) is 44.7. The molecule has 4 N–H and O–H groups in total. The monoisotopic (exact) mass is 687 g/mol. The maximum Gasteiger partial charge on any atom is 0.472 e. The first-order valence-electron chi connectivity index (χ1n) is 17.5. The number of unbranched alkanes of at least 4 members (excludes halogenated alkanes) is 12. The molecule has 3 atom stereocenters. The number of nitrogens with one attached hydrogen (secondary N) is 1. The molecule has 272 valence electrons. The van der Waals surface area contributed by atoms with Gasteiger partial charge in [0.2, 0.25) is 5.91 Å². The summed E-state index contributed by atoms with van der Waals surface area (Å²) >= 11 is 0. The molecule has 3 unspecified atom stereocenters. The summed E-state index contributed by atoms with van der Waals surface area (Å²) in [4.78, 5) is 45.4. The predicted octanol–water partition coefficient (Wildman–Crippen LogP) is 7.71. The van der Waals surface area contributed by atoms with Gasteiger partial charge in [0, 0.05) is 12.8 Å². The number of carboxylic acids is 1. The van der Waals surface area contributed by atoms with Crippen LogP contribution in [-0.4, -0.2) is 64.9 Å². The maximum absolute atomic E-state index is 12.2. The second kappa shape index (κ2) is 31.0. The van der Waals surface area contributed by atoms with E-state index in [0.29, 0.717) is 12.8 Å². The van der Waals surface area contributed by atoms with Crippen LogP contribution in [0.25, 0.3) is 0 Å². The quantitative estimate of drug-likeness (QED) is 0.0238. The van der Waals surface area contributed by atoms with Crippen LogP contribution in [0.15, 0.2) is 36.5 Å². The Morgan fingerprint density at radius 1 is 0.702 bits per heavy atom. The summed E-state index contributed by atoms with van der Waals surface area (Å²) in [6, 6.07) is -1.54. The number of allylic oxidation sites excluding steroid dienone is 6. The first-order chi connectivity index (χ1) is 22.6. The topological polar surface area (TPSA) is 169 Å². The second-order valence-corrected chi connectivity index (χ2v) is 13.1. The zero-order valence-electron chi connectivity index (χ0n) is 28.8. The molecule has 0 heterocycles. The van der Waals surface area contributed by atoms with Crippen LogP contribution in [0.2, 0.25) is 0 Å². The fraction of sp³-hybridized carbons (Fsp3) is 0.743. The fourth-order valence-electron chi connectivity index (χ4n) is 4.44. The Bertz CT molecular complexity index is 953. The van der Waals surface area contributed by atoms with Crippen molar-refractivity contribution in [3.63, 3.8) is 0 Å². The van der Waals surface area contributed by atoms with Crippen LogP contribution < -0.4 is 5.32 Å². The molecule has 0 rings (SSSR count). The van der Waals surface area contributed by atoms with Crippen molar-refractivity contribution in [2.45, 2.75) is 148 Å². The molecule has 0 aromatic heterocycles. The van der Waals surface area contributed by atoms with Crippen LogP contribution in [0.4, 0.5) is 0 Å². The van der Waals surface area contributed by atoms with Crippen molar-refractivity contribution in [2.24, 2.45) is 0 Å². The van der Waals surface area contributed by atoms with Crippen LogP contribution in [0.3, 0.4) is 0 Å². The van der Waals surface area contributed by atoms with Gasteiger partial charge < -0.3 is 25.2 Å². The number of esters is 1. The van der Waals surface area contributed by atoms with Gasteiger partial charge in [-0.2, -0.15) is 0 Å². The lowest BCUT2D eigenvalue weighted by molar-refractivity contribution is -0.147. The highest BCUT2D eigenvalue weighted by Crippen LogP contribution is 2.43. The molecule has 0 saturated heterocycles. The van der Waals surface area contributed by atoms with Crippen molar-refractivity contribution in [1.29, 1.82) is 0 Å². The molecule has 0 aliphatic rings. The van der Waals surface area contributed by atoms with E-state index in [1.165, 1.54) is 25.7 Å². The van der Waals surface area contributed by atoms with E-state index < -0.39 is 57.6 Å². The second-order valence-electron chi connectivity index (χ2n) is 11.7. The standard InChI is InChI=1S/C35H62NO10P/c1-3-5-7-9-11-13-14-15-16-17-18-19-21-23-25-27-34(39)44-28-31(37)29-45-47(42,43)46-30-32(35(40)41)36-33(38)26-24-22-20-12-10-8-6-4-2/h5,7,11,13,15-16,31-32,37H,3-4,6,8-10,12,14,17-30H2,1-2H3,(H,36,38)(H,40,41)(H,42,43)/b7-5-,13-11-,16-15-. The number of rotatable bonds is 32. The number of aliphatic hydroxyl groups excluding tert-OH is 1. The molecular weight excluding hydrogens is 625 g/mol. The molecule has 0 fully saturated rings. The van der Waals surface area contributed by atoms with Crippen LogP contribution in [0.1, 0.15) is 136 Å². The van der Waals surface area contributed by atoms with Crippen LogP contribution in [0.5, 0.6) is 0 Å². The van der Waals surface area contributed by atoms with E-state index in [0.717, 1.165) is 70.6 Å². The summed E-state index contributed by atoms with van der Waals surface area (Å²) in [5.41, 5.74) is 0. The smallest absolute Gasteiger partial charge is 0.472 e. The third kappa shape index (κ3) is 30.8. The number of ether oxygens (including phenoxy) is 1. The van der Waals surface area contributed by atoms with Gasteiger partial charge in [-0.3, -0.25) is 18.6 Å². The van der Waals surface area contributed by atoms with Crippen molar-refractivity contribution in [3.05, 3.63) is 36.5 Å². The summed E-state index contributed by atoms with van der Waals surface area (Å²) in [5, 5.41) is 21.6. The summed E-state index contributed by atoms with van der Waals surface area (Å²) in [6.07, 6.45) is 29.2. The first-order valence-corrected chi connectivity index (χ1v) is 19.0. The third-order valence-corrected chi connectivity index (χ3v) is 8.14. The maximum atomic E-state index is 12.2. The van der Waals surface area contributed by atoms with Gasteiger partial charge >= 0.3 is 19.8 Å². The van der Waals surface area contributed by atoms with Crippen molar-refractivity contribution in [2.75, 3.05) is 19.8 Å². The molecule has 0 radical (unpaired) electrons. The van der Waals surface area contributed by atoms with Crippen molar-refractivity contribution in [3.8, 4) is 0 Å². The average molecular weight is 688 g/mol. The van der Waals surface area contributed by atoms with Gasteiger partial charge in [-0.15, -0.1) is 0 Å². The minimum atomic E-state index is -4.74. The molecule has 12 heteroatoms. The highest BCUT2D eigenvalue weighted by atomic mass is 31.2. The Labute approximate surface area is 282 Å². The SMILES string of the molecule is CC/C=C\C/C=C\C/C=C\CCCCCCCC(=O)OCC(O)COP(=O)(O)OCC(NC(=O)CCCCCCCCCC)C(=O)O. The highest BCUT2D eigenvalue weighted by molar-refractivity contribution is 7.47. The van der Waals surface area contributed by atoms with Gasteiger partial charge in [0.1, 0.15) is 12.7 Å². The zero-order valence-corrected chi connectivity index (χ0v) is 29.7. The van der Waals surface area contributed by atoms with E-state index in [4.69, 9.17) is 13.8 Å². The Morgan fingerprint density at radius 2 is 1.23 bits per heavy atom. The van der Waals surface area contributed by atoms with Crippen molar-refractivity contribution in [1.82, 2.24) is 5.32 Å². The van der Waals surface area contributed by atoms with Crippen molar-refractivity contribution < 1.29 is 47.8 Å². The Hall–Kier alpha value is -2.30. The number of aliphatic carboxylic acids is 1. The molecule has 0 saturated carbocycles. The number of phosphoric ester groups is 1. The minimum Gasteiger partial charge on any atom is -0.480 e. The molecule has 47 heavy (non-hydrogen) atoms. The Kier molecular flexibility index (Phi) is 29.5. The Balaban J connectivity index is 3.99.